The zero-order valence-electron chi connectivity index (χ0n) is 10.7. The van der Waals surface area contributed by atoms with Crippen molar-refractivity contribution in [2.75, 3.05) is 33.4 Å². The summed E-state index contributed by atoms with van der Waals surface area (Å²) in [5.41, 5.74) is 1.37. The van der Waals surface area contributed by atoms with Crippen molar-refractivity contribution in [1.29, 1.82) is 0 Å². The number of likely N-dealkylation sites (tertiary alicyclic amines) is 1. The highest BCUT2D eigenvalue weighted by atomic mass is 16.5. The zero-order valence-corrected chi connectivity index (χ0v) is 10.7. The molecule has 96 valence electrons. The minimum absolute atomic E-state index is 0.671. The molecule has 0 aliphatic carbocycles. The lowest BCUT2D eigenvalue weighted by Gasteiger charge is -2.32. The zero-order chi connectivity index (χ0) is 11.9. The largest absolute Gasteiger partial charge is 0.385 e. The molecule has 1 atom stereocenters. The lowest BCUT2D eigenvalue weighted by atomic mass is 9.93. The Kier molecular flexibility index (Phi) is 5.01. The Balaban J connectivity index is 1.73. The van der Waals surface area contributed by atoms with Gasteiger partial charge in [0.25, 0.3) is 0 Å². The van der Waals surface area contributed by atoms with Crippen molar-refractivity contribution in [2.45, 2.75) is 31.6 Å². The molecular weight excluding hydrogens is 214 g/mol. The summed E-state index contributed by atoms with van der Waals surface area (Å²) in [6, 6.07) is 0. The molecule has 0 unspecified atom stereocenters. The highest BCUT2D eigenvalue weighted by Gasteiger charge is 2.21. The van der Waals surface area contributed by atoms with Crippen molar-refractivity contribution in [2.24, 2.45) is 0 Å². The fourth-order valence-electron chi connectivity index (χ4n) is 2.60. The molecule has 1 aromatic rings. The summed E-state index contributed by atoms with van der Waals surface area (Å²) in [4.78, 5) is 2.58. The van der Waals surface area contributed by atoms with Crippen molar-refractivity contribution < 1.29 is 4.74 Å². The molecule has 1 saturated heterocycles. The van der Waals surface area contributed by atoms with E-state index in [1.54, 1.807) is 7.11 Å². The fourth-order valence-corrected chi connectivity index (χ4v) is 2.60. The molecule has 0 amide bonds. The van der Waals surface area contributed by atoms with Crippen molar-refractivity contribution >= 4 is 0 Å². The second-order valence-corrected chi connectivity index (χ2v) is 4.87. The number of hydrogen-bond acceptors (Lipinski definition) is 3. The highest BCUT2D eigenvalue weighted by molar-refractivity contribution is 5.11. The number of nitrogens with one attached hydrogen (secondary N) is 1. The third kappa shape index (κ3) is 3.82. The average molecular weight is 237 g/mol. The molecule has 0 spiro atoms. The number of ether oxygens (including phenoxy) is 1. The van der Waals surface area contributed by atoms with Gasteiger partial charge in [-0.2, -0.15) is 5.10 Å². The summed E-state index contributed by atoms with van der Waals surface area (Å²) >= 11 is 0. The van der Waals surface area contributed by atoms with Gasteiger partial charge in [-0.05, 0) is 50.3 Å². The van der Waals surface area contributed by atoms with Gasteiger partial charge in [-0.1, -0.05) is 0 Å². The molecule has 1 aliphatic heterocycles. The van der Waals surface area contributed by atoms with Crippen LogP contribution in [-0.2, 0) is 4.74 Å². The maximum atomic E-state index is 5.08. The van der Waals surface area contributed by atoms with E-state index >= 15 is 0 Å². The van der Waals surface area contributed by atoms with Crippen LogP contribution in [0.15, 0.2) is 12.4 Å². The Labute approximate surface area is 103 Å². The van der Waals surface area contributed by atoms with Crippen LogP contribution in [0.3, 0.4) is 0 Å². The van der Waals surface area contributed by atoms with E-state index in [1.807, 2.05) is 12.4 Å². The second kappa shape index (κ2) is 6.77. The third-order valence-corrected chi connectivity index (χ3v) is 3.57. The van der Waals surface area contributed by atoms with Gasteiger partial charge in [0.15, 0.2) is 0 Å². The van der Waals surface area contributed by atoms with E-state index in [0.29, 0.717) is 5.92 Å². The van der Waals surface area contributed by atoms with Crippen LogP contribution in [0.25, 0.3) is 0 Å². The van der Waals surface area contributed by atoms with E-state index in [2.05, 4.69) is 15.1 Å². The summed E-state index contributed by atoms with van der Waals surface area (Å²) < 4.78 is 5.08. The van der Waals surface area contributed by atoms with E-state index in [1.165, 1.54) is 50.9 Å². The van der Waals surface area contributed by atoms with Crippen molar-refractivity contribution in [3.8, 4) is 0 Å². The van der Waals surface area contributed by atoms with Gasteiger partial charge in [0.2, 0.25) is 0 Å². The first-order valence-electron chi connectivity index (χ1n) is 6.60. The summed E-state index contributed by atoms with van der Waals surface area (Å²) in [6.45, 7) is 4.53. The number of methoxy groups -OCH3 is 1. The molecule has 0 bridgehead atoms. The number of unbranched alkanes of at least 4 members (excludes halogenated alkanes) is 1. The Morgan fingerprint density at radius 1 is 1.53 bits per heavy atom. The van der Waals surface area contributed by atoms with Crippen LogP contribution in [0.5, 0.6) is 0 Å². The number of H-pyrrole nitrogens is 1. The van der Waals surface area contributed by atoms with Gasteiger partial charge in [-0.3, -0.25) is 5.10 Å². The molecule has 0 saturated carbocycles. The molecule has 1 N–H and O–H groups in total. The minimum atomic E-state index is 0.671. The average Bonchev–Trinajstić information content (AvgIpc) is 2.89. The number of hydrogen-bond donors (Lipinski definition) is 1. The van der Waals surface area contributed by atoms with Gasteiger partial charge < -0.3 is 9.64 Å². The first-order chi connectivity index (χ1) is 8.40. The fraction of sp³-hybridized carbons (Fsp3) is 0.769. The summed E-state index contributed by atoms with van der Waals surface area (Å²) in [5, 5.41) is 6.97. The Bertz CT molecular complexity index is 300. The van der Waals surface area contributed by atoms with Gasteiger partial charge in [-0.25, -0.2) is 0 Å². The van der Waals surface area contributed by atoms with Crippen LogP contribution in [-0.4, -0.2) is 48.4 Å². The molecule has 2 heterocycles. The number of rotatable bonds is 6. The summed E-state index contributed by atoms with van der Waals surface area (Å²) in [7, 11) is 1.77. The van der Waals surface area contributed by atoms with Gasteiger partial charge in [0.1, 0.15) is 0 Å². The lowest BCUT2D eigenvalue weighted by Crippen LogP contribution is -2.35. The molecule has 1 fully saturated rings. The van der Waals surface area contributed by atoms with Gasteiger partial charge >= 0.3 is 0 Å². The SMILES string of the molecule is COCCCCN1CCC[C@H](c2cn[nH]c2)C1. The van der Waals surface area contributed by atoms with Crippen LogP contribution in [0.4, 0.5) is 0 Å². The maximum absolute atomic E-state index is 5.08. The molecule has 0 aromatic carbocycles. The molecule has 1 aromatic heterocycles. The molecule has 2 rings (SSSR count). The van der Waals surface area contributed by atoms with E-state index in [4.69, 9.17) is 4.74 Å². The smallest absolute Gasteiger partial charge is 0.0522 e. The topological polar surface area (TPSA) is 41.1 Å². The van der Waals surface area contributed by atoms with Crippen LogP contribution in [0.2, 0.25) is 0 Å². The molecule has 1 aliphatic rings. The molecule has 17 heavy (non-hydrogen) atoms. The Hall–Kier alpha value is -0.870. The predicted octanol–water partition coefficient (Wildman–Crippen LogP) is 2.02. The first-order valence-corrected chi connectivity index (χ1v) is 6.60. The first kappa shape index (κ1) is 12.6. The van der Waals surface area contributed by atoms with Crippen molar-refractivity contribution in [1.82, 2.24) is 15.1 Å². The predicted molar refractivity (Wildman–Crippen MR) is 68.1 cm³/mol. The number of piperidine rings is 1. The number of aromatic nitrogens is 2. The highest BCUT2D eigenvalue weighted by Crippen LogP contribution is 2.25. The lowest BCUT2D eigenvalue weighted by molar-refractivity contribution is 0.172. The van der Waals surface area contributed by atoms with Crippen molar-refractivity contribution in [3.05, 3.63) is 18.0 Å². The van der Waals surface area contributed by atoms with E-state index in [-0.39, 0.29) is 0 Å². The van der Waals surface area contributed by atoms with Crippen LogP contribution in [0.1, 0.15) is 37.2 Å². The molecule has 0 radical (unpaired) electrons. The van der Waals surface area contributed by atoms with Crippen LogP contribution < -0.4 is 0 Å². The number of nitrogens with zero attached hydrogens (tertiary/aromatic N) is 2. The minimum Gasteiger partial charge on any atom is -0.385 e. The van der Waals surface area contributed by atoms with Crippen LogP contribution in [0, 0.1) is 0 Å². The monoisotopic (exact) mass is 237 g/mol. The molecular formula is C13H23N3O. The van der Waals surface area contributed by atoms with E-state index in [0.717, 1.165) is 6.61 Å². The molecule has 4 heteroatoms. The quantitative estimate of drug-likeness (QED) is 0.770. The van der Waals surface area contributed by atoms with Gasteiger partial charge in [0.05, 0.1) is 6.20 Å². The van der Waals surface area contributed by atoms with E-state index < -0.39 is 0 Å². The van der Waals surface area contributed by atoms with Crippen LogP contribution >= 0.6 is 0 Å². The standard InChI is InChI=1S/C13H23N3O/c1-17-8-3-2-6-16-7-4-5-12(11-16)13-9-14-15-10-13/h9-10,12H,2-8,11H2,1H3,(H,14,15)/t12-/m0/s1. The van der Waals surface area contributed by atoms with Gasteiger partial charge in [0, 0.05) is 26.5 Å². The summed E-state index contributed by atoms with van der Waals surface area (Å²) in [5.74, 6) is 0.671. The number of aromatic amines is 1. The summed E-state index contributed by atoms with van der Waals surface area (Å²) in [6.07, 6.45) is 9.03. The molecule has 4 nitrogen and oxygen atoms in total. The van der Waals surface area contributed by atoms with E-state index in [9.17, 15) is 0 Å². The third-order valence-electron chi connectivity index (χ3n) is 3.57. The van der Waals surface area contributed by atoms with Crippen molar-refractivity contribution in [3.63, 3.8) is 0 Å². The normalized spacial score (nSPS) is 21.8. The maximum Gasteiger partial charge on any atom is 0.0522 e. The second-order valence-electron chi connectivity index (χ2n) is 4.87. The Morgan fingerprint density at radius 2 is 2.47 bits per heavy atom. The Morgan fingerprint density at radius 3 is 3.24 bits per heavy atom. The van der Waals surface area contributed by atoms with Gasteiger partial charge in [-0.15, -0.1) is 0 Å².